The Kier molecular flexibility index (Phi) is 6.25. The van der Waals surface area contributed by atoms with E-state index in [1.54, 1.807) is 24.3 Å². The monoisotopic (exact) mass is 290 g/mol. The molecule has 4 nitrogen and oxygen atoms in total. The van der Waals surface area contributed by atoms with Gasteiger partial charge in [-0.2, -0.15) is 0 Å². The van der Waals surface area contributed by atoms with Gasteiger partial charge in [-0.15, -0.1) is 12.4 Å². The Morgan fingerprint density at radius 3 is 2.78 bits per heavy atom. The summed E-state index contributed by atoms with van der Waals surface area (Å²) in [5, 5.41) is 6.75. The molecule has 1 atom stereocenters. The molecule has 0 bridgehead atoms. The molecule has 0 aromatic heterocycles. The van der Waals surface area contributed by atoms with Crippen LogP contribution in [-0.4, -0.2) is 31.6 Å². The summed E-state index contributed by atoms with van der Waals surface area (Å²) in [6, 6.07) is 7.18. The van der Waals surface area contributed by atoms with E-state index in [0.29, 0.717) is 10.8 Å². The van der Waals surface area contributed by atoms with E-state index >= 15 is 0 Å². The number of amides is 1. The third-order valence-corrected chi connectivity index (χ3v) is 2.86. The van der Waals surface area contributed by atoms with Crippen LogP contribution in [0.25, 0.3) is 0 Å². The van der Waals surface area contributed by atoms with Crippen LogP contribution in [0, 0.1) is 0 Å². The van der Waals surface area contributed by atoms with Crippen LogP contribution in [-0.2, 0) is 4.79 Å². The molecule has 100 valence electrons. The van der Waals surface area contributed by atoms with Gasteiger partial charge in [0.25, 0.3) is 5.91 Å². The quantitative estimate of drug-likeness (QED) is 0.886. The van der Waals surface area contributed by atoms with Gasteiger partial charge < -0.3 is 15.4 Å². The maximum absolute atomic E-state index is 11.5. The van der Waals surface area contributed by atoms with Crippen LogP contribution in [0.2, 0.25) is 5.02 Å². The van der Waals surface area contributed by atoms with Crippen molar-refractivity contribution in [1.82, 2.24) is 10.6 Å². The van der Waals surface area contributed by atoms with Crippen LogP contribution in [0.15, 0.2) is 24.3 Å². The zero-order valence-corrected chi connectivity index (χ0v) is 11.4. The largest absolute Gasteiger partial charge is 0.484 e. The summed E-state index contributed by atoms with van der Waals surface area (Å²) < 4.78 is 5.34. The van der Waals surface area contributed by atoms with Gasteiger partial charge in [-0.1, -0.05) is 11.6 Å². The number of rotatable bonds is 4. The maximum Gasteiger partial charge on any atom is 0.258 e. The van der Waals surface area contributed by atoms with Gasteiger partial charge in [-0.05, 0) is 37.2 Å². The van der Waals surface area contributed by atoms with Crippen LogP contribution in [0.4, 0.5) is 0 Å². The van der Waals surface area contributed by atoms with Gasteiger partial charge in [-0.3, -0.25) is 4.79 Å². The van der Waals surface area contributed by atoms with Gasteiger partial charge in [0.2, 0.25) is 0 Å². The molecule has 0 saturated carbocycles. The highest BCUT2D eigenvalue weighted by Crippen LogP contribution is 2.15. The average Bonchev–Trinajstić information content (AvgIpc) is 2.81. The Hall–Kier alpha value is -0.970. The first kappa shape index (κ1) is 15.1. The number of hydrogen-bond donors (Lipinski definition) is 2. The summed E-state index contributed by atoms with van der Waals surface area (Å²) in [5.74, 6) is 0.558. The highest BCUT2D eigenvalue weighted by atomic mass is 35.5. The van der Waals surface area contributed by atoms with E-state index in [1.165, 1.54) is 0 Å². The molecule has 18 heavy (non-hydrogen) atoms. The average molecular weight is 291 g/mol. The van der Waals surface area contributed by atoms with Gasteiger partial charge >= 0.3 is 0 Å². The Balaban J connectivity index is 0.00000162. The van der Waals surface area contributed by atoms with Crippen molar-refractivity contribution in [2.75, 3.05) is 19.7 Å². The first-order chi connectivity index (χ1) is 8.24. The van der Waals surface area contributed by atoms with E-state index in [1.807, 2.05) is 0 Å². The van der Waals surface area contributed by atoms with Gasteiger partial charge in [0.15, 0.2) is 6.61 Å². The van der Waals surface area contributed by atoms with E-state index in [4.69, 9.17) is 16.3 Å². The summed E-state index contributed by atoms with van der Waals surface area (Å²) in [6.45, 7) is 1.84. The standard InChI is InChI=1S/C12H15ClN2O2.ClH/c13-9-1-3-11(4-2-9)17-8-12(16)15-10-5-6-14-7-10;/h1-4,10,14H,5-8H2,(H,15,16);1H. The van der Waals surface area contributed by atoms with Crippen molar-refractivity contribution in [3.8, 4) is 5.75 Å². The fourth-order valence-corrected chi connectivity index (χ4v) is 1.85. The third-order valence-electron chi connectivity index (χ3n) is 2.61. The van der Waals surface area contributed by atoms with Crippen LogP contribution in [0.3, 0.4) is 0 Å². The highest BCUT2D eigenvalue weighted by molar-refractivity contribution is 6.30. The Morgan fingerprint density at radius 2 is 2.17 bits per heavy atom. The first-order valence-corrected chi connectivity index (χ1v) is 6.00. The highest BCUT2D eigenvalue weighted by Gasteiger charge is 2.16. The number of ether oxygens (including phenoxy) is 1. The van der Waals surface area contributed by atoms with Crippen molar-refractivity contribution in [1.29, 1.82) is 0 Å². The number of carbonyl (C=O) groups excluding carboxylic acids is 1. The summed E-state index contributed by atoms with van der Waals surface area (Å²) >= 11 is 5.75. The van der Waals surface area contributed by atoms with E-state index in [2.05, 4.69) is 10.6 Å². The zero-order chi connectivity index (χ0) is 12.1. The molecule has 2 N–H and O–H groups in total. The zero-order valence-electron chi connectivity index (χ0n) is 9.82. The fourth-order valence-electron chi connectivity index (χ4n) is 1.73. The fraction of sp³-hybridized carbons (Fsp3) is 0.417. The topological polar surface area (TPSA) is 50.4 Å². The van der Waals surface area contributed by atoms with Crippen LogP contribution in [0.1, 0.15) is 6.42 Å². The van der Waals surface area contributed by atoms with Crippen molar-refractivity contribution in [3.63, 3.8) is 0 Å². The molecule has 1 heterocycles. The summed E-state index contributed by atoms with van der Waals surface area (Å²) in [5.41, 5.74) is 0. The molecule has 2 rings (SSSR count). The second-order valence-electron chi connectivity index (χ2n) is 4.00. The minimum atomic E-state index is -0.0892. The van der Waals surface area contributed by atoms with Gasteiger partial charge in [0, 0.05) is 17.6 Å². The molecule has 1 aliphatic heterocycles. The Bertz CT molecular complexity index is 378. The lowest BCUT2D eigenvalue weighted by Crippen LogP contribution is -2.39. The van der Waals surface area contributed by atoms with Crippen molar-refractivity contribution >= 4 is 29.9 Å². The molecule has 6 heteroatoms. The van der Waals surface area contributed by atoms with Crippen LogP contribution < -0.4 is 15.4 Å². The van der Waals surface area contributed by atoms with Crippen LogP contribution in [0.5, 0.6) is 5.75 Å². The van der Waals surface area contributed by atoms with Gasteiger partial charge in [0.1, 0.15) is 5.75 Å². The Morgan fingerprint density at radius 1 is 1.44 bits per heavy atom. The van der Waals surface area contributed by atoms with Crippen molar-refractivity contribution < 1.29 is 9.53 Å². The lowest BCUT2D eigenvalue weighted by atomic mass is 10.2. The van der Waals surface area contributed by atoms with Gasteiger partial charge in [0.05, 0.1) is 0 Å². The van der Waals surface area contributed by atoms with Crippen molar-refractivity contribution in [2.24, 2.45) is 0 Å². The third kappa shape index (κ3) is 4.72. The van der Waals surface area contributed by atoms with E-state index in [-0.39, 0.29) is 31.0 Å². The van der Waals surface area contributed by atoms with Crippen molar-refractivity contribution in [3.05, 3.63) is 29.3 Å². The molecule has 0 aliphatic carbocycles. The molecular formula is C12H16Cl2N2O2. The van der Waals surface area contributed by atoms with Crippen molar-refractivity contribution in [2.45, 2.75) is 12.5 Å². The lowest BCUT2D eigenvalue weighted by molar-refractivity contribution is -0.123. The second kappa shape index (κ2) is 7.46. The molecule has 1 fully saturated rings. The number of nitrogens with one attached hydrogen (secondary N) is 2. The molecule has 1 unspecified atom stereocenters. The Labute approximate surface area is 117 Å². The predicted molar refractivity (Wildman–Crippen MR) is 73.6 cm³/mol. The maximum atomic E-state index is 11.5. The minimum absolute atomic E-state index is 0. The molecule has 1 aliphatic rings. The summed E-state index contributed by atoms with van der Waals surface area (Å²) in [7, 11) is 0. The molecule has 1 aromatic rings. The number of carbonyl (C=O) groups is 1. The molecule has 1 saturated heterocycles. The second-order valence-corrected chi connectivity index (χ2v) is 4.44. The molecular weight excluding hydrogens is 275 g/mol. The summed E-state index contributed by atoms with van der Waals surface area (Å²) in [6.07, 6.45) is 0.979. The van der Waals surface area contributed by atoms with Crippen LogP contribution >= 0.6 is 24.0 Å². The molecule has 0 spiro atoms. The predicted octanol–water partition coefficient (Wildman–Crippen LogP) is 1.62. The molecule has 1 amide bonds. The minimum Gasteiger partial charge on any atom is -0.484 e. The molecule has 1 aromatic carbocycles. The number of benzene rings is 1. The van der Waals surface area contributed by atoms with Gasteiger partial charge in [-0.25, -0.2) is 0 Å². The first-order valence-electron chi connectivity index (χ1n) is 5.62. The summed E-state index contributed by atoms with van der Waals surface area (Å²) in [4.78, 5) is 11.5. The SMILES string of the molecule is Cl.O=C(COc1ccc(Cl)cc1)NC1CCNC1. The normalized spacial score (nSPS) is 17.9. The number of halogens is 2. The van der Waals surface area contributed by atoms with E-state index < -0.39 is 0 Å². The number of hydrogen-bond acceptors (Lipinski definition) is 3. The van der Waals surface area contributed by atoms with E-state index in [0.717, 1.165) is 19.5 Å². The molecule has 0 radical (unpaired) electrons. The smallest absolute Gasteiger partial charge is 0.258 e. The lowest BCUT2D eigenvalue weighted by Gasteiger charge is -2.11. The van der Waals surface area contributed by atoms with E-state index in [9.17, 15) is 4.79 Å².